The molecule has 1 unspecified atom stereocenters. The zero-order valence-electron chi connectivity index (χ0n) is 21.1. The predicted molar refractivity (Wildman–Crippen MR) is 141 cm³/mol. The average molecular weight is 505 g/mol. The molecule has 37 heavy (non-hydrogen) atoms. The first-order valence-electron chi connectivity index (χ1n) is 12.3. The van der Waals surface area contributed by atoms with Crippen molar-refractivity contribution in [3.63, 3.8) is 0 Å². The van der Waals surface area contributed by atoms with Crippen LogP contribution in [-0.4, -0.2) is 23.9 Å². The number of nitrogens with zero attached hydrogens (tertiary/aromatic N) is 1. The first-order valence-corrected chi connectivity index (χ1v) is 12.3. The largest absolute Gasteiger partial charge is 0.336 e. The Kier molecular flexibility index (Phi) is 7.44. The number of benzene rings is 3. The lowest BCUT2D eigenvalue weighted by Crippen LogP contribution is -2.42. The van der Waals surface area contributed by atoms with Crippen molar-refractivity contribution < 1.29 is 18.4 Å². The molecule has 192 valence electrons. The van der Waals surface area contributed by atoms with Crippen molar-refractivity contribution in [1.29, 1.82) is 5.26 Å². The molecule has 0 radical (unpaired) electrons. The van der Waals surface area contributed by atoms with Gasteiger partial charge in [0.1, 0.15) is 6.04 Å². The van der Waals surface area contributed by atoms with E-state index in [1.807, 2.05) is 57.2 Å². The van der Waals surface area contributed by atoms with E-state index in [1.165, 1.54) is 0 Å². The maximum absolute atomic E-state index is 13.6. The van der Waals surface area contributed by atoms with Crippen LogP contribution in [0.25, 0.3) is 10.8 Å². The highest BCUT2D eigenvalue weighted by atomic mass is 19.3. The molecule has 1 atom stereocenters. The van der Waals surface area contributed by atoms with E-state index in [9.17, 15) is 23.6 Å². The molecule has 4 rings (SSSR count). The number of alkyl halides is 2. The van der Waals surface area contributed by atoms with Gasteiger partial charge in [0.2, 0.25) is 5.92 Å². The summed E-state index contributed by atoms with van der Waals surface area (Å²) in [5.74, 6) is -3.63. The summed E-state index contributed by atoms with van der Waals surface area (Å²) >= 11 is 0. The summed E-state index contributed by atoms with van der Waals surface area (Å²) in [6, 6.07) is 15.4. The highest BCUT2D eigenvalue weighted by Crippen LogP contribution is 2.37. The van der Waals surface area contributed by atoms with Gasteiger partial charge in [0.05, 0.1) is 17.3 Å². The maximum Gasteiger partial charge on any atom is 0.323 e. The van der Waals surface area contributed by atoms with Crippen molar-refractivity contribution in [3.8, 4) is 6.07 Å². The smallest absolute Gasteiger partial charge is 0.323 e. The Morgan fingerprint density at radius 3 is 2.16 bits per heavy atom. The van der Waals surface area contributed by atoms with Crippen LogP contribution in [0, 0.1) is 38.0 Å². The highest BCUT2D eigenvalue weighted by Gasteiger charge is 2.38. The summed E-state index contributed by atoms with van der Waals surface area (Å²) in [6.07, 6.45) is -0.281. The highest BCUT2D eigenvalue weighted by molar-refractivity contribution is 6.10. The minimum absolute atomic E-state index is 0.159. The molecule has 0 aromatic heterocycles. The molecule has 3 aromatic carbocycles. The lowest BCUT2D eigenvalue weighted by molar-refractivity contribution is -0.0473. The molecule has 1 aliphatic carbocycles. The quantitative estimate of drug-likeness (QED) is 0.354. The summed E-state index contributed by atoms with van der Waals surface area (Å²) in [6.45, 7) is 5.80. The number of carbonyl (C=O) groups excluding carboxylic acids is 2. The molecule has 0 bridgehead atoms. The van der Waals surface area contributed by atoms with Gasteiger partial charge in [0.15, 0.2) is 0 Å². The Balaban J connectivity index is 1.59. The molecule has 8 heteroatoms. The van der Waals surface area contributed by atoms with Crippen molar-refractivity contribution in [2.24, 2.45) is 5.92 Å². The number of rotatable bonds is 5. The molecule has 0 heterocycles. The van der Waals surface area contributed by atoms with Crippen molar-refractivity contribution in [2.75, 3.05) is 10.6 Å². The Morgan fingerprint density at radius 2 is 1.57 bits per heavy atom. The number of anilines is 2. The second-order valence-electron chi connectivity index (χ2n) is 9.87. The normalized spacial score (nSPS) is 16.0. The van der Waals surface area contributed by atoms with Crippen LogP contribution in [0.1, 0.15) is 52.7 Å². The molecular weight excluding hydrogens is 474 g/mol. The van der Waals surface area contributed by atoms with Crippen LogP contribution >= 0.6 is 0 Å². The Morgan fingerprint density at radius 1 is 0.973 bits per heavy atom. The third-order valence-corrected chi connectivity index (χ3v) is 6.95. The molecule has 0 saturated heterocycles. The van der Waals surface area contributed by atoms with Crippen LogP contribution in [0.4, 0.5) is 25.0 Å². The van der Waals surface area contributed by atoms with E-state index in [0.717, 1.165) is 27.5 Å². The second kappa shape index (κ2) is 10.6. The van der Waals surface area contributed by atoms with Crippen LogP contribution in [-0.2, 0) is 0 Å². The van der Waals surface area contributed by atoms with Gasteiger partial charge < -0.3 is 16.0 Å². The molecule has 0 spiro atoms. The number of nitriles is 1. The predicted octanol–water partition coefficient (Wildman–Crippen LogP) is 6.86. The van der Waals surface area contributed by atoms with Gasteiger partial charge in [0.25, 0.3) is 5.91 Å². The van der Waals surface area contributed by atoms with Crippen molar-refractivity contribution in [2.45, 2.75) is 58.4 Å². The molecule has 1 aliphatic rings. The number of urea groups is 1. The Labute approximate surface area is 215 Å². The number of amides is 3. The zero-order valence-corrected chi connectivity index (χ0v) is 21.1. The molecule has 3 N–H and O–H groups in total. The molecule has 1 saturated carbocycles. The fourth-order valence-corrected chi connectivity index (χ4v) is 5.05. The number of fused-ring (bicyclic) bond motifs is 1. The van der Waals surface area contributed by atoms with Gasteiger partial charge in [-0.1, -0.05) is 42.0 Å². The van der Waals surface area contributed by atoms with Crippen molar-refractivity contribution >= 4 is 34.1 Å². The van der Waals surface area contributed by atoms with Crippen LogP contribution in [0.15, 0.2) is 48.5 Å². The van der Waals surface area contributed by atoms with E-state index in [0.29, 0.717) is 5.69 Å². The molecule has 6 nitrogen and oxygen atoms in total. The third-order valence-electron chi connectivity index (χ3n) is 6.95. The van der Waals surface area contributed by atoms with E-state index in [4.69, 9.17) is 0 Å². The minimum Gasteiger partial charge on any atom is -0.336 e. The van der Waals surface area contributed by atoms with Crippen LogP contribution in [0.5, 0.6) is 0 Å². The fourth-order valence-electron chi connectivity index (χ4n) is 5.05. The molecular formula is C29H30F2N4O2. The minimum atomic E-state index is -2.72. The first kappa shape index (κ1) is 26.1. The second-order valence-corrected chi connectivity index (χ2v) is 9.87. The molecule has 1 fully saturated rings. The van der Waals surface area contributed by atoms with Gasteiger partial charge >= 0.3 is 6.03 Å². The summed E-state index contributed by atoms with van der Waals surface area (Å²) in [4.78, 5) is 26.3. The van der Waals surface area contributed by atoms with Gasteiger partial charge in [-0.3, -0.25) is 4.79 Å². The average Bonchev–Trinajstić information content (AvgIpc) is 2.84. The van der Waals surface area contributed by atoms with Gasteiger partial charge in [-0.25, -0.2) is 13.6 Å². The number of hydrogen-bond acceptors (Lipinski definition) is 3. The number of hydrogen-bond donors (Lipinski definition) is 3. The van der Waals surface area contributed by atoms with E-state index < -0.39 is 23.9 Å². The van der Waals surface area contributed by atoms with Crippen molar-refractivity contribution in [1.82, 2.24) is 5.32 Å². The monoisotopic (exact) mass is 504 g/mol. The lowest BCUT2D eigenvalue weighted by Gasteiger charge is -2.31. The third kappa shape index (κ3) is 6.05. The Hall–Kier alpha value is -3.99. The fraction of sp³-hybridized carbons (Fsp3) is 0.345. The van der Waals surface area contributed by atoms with Crippen LogP contribution in [0.2, 0.25) is 0 Å². The van der Waals surface area contributed by atoms with Gasteiger partial charge in [0, 0.05) is 18.5 Å². The van der Waals surface area contributed by atoms with E-state index >= 15 is 0 Å². The standard InChI is InChI=1S/C29H30F2N4O2/c1-17-12-18(2)26(19(3)13-17)35-28(37)34-24-15-22-7-5-4-6-21(22)14-23(24)27(36)33-25(16-32)20-8-10-29(30,31)11-9-20/h4-7,12-15,20,25H,8-11H2,1-3H3,(H,33,36)(H2,34,35,37). The molecule has 0 aliphatic heterocycles. The Bertz CT molecular complexity index is 1360. The SMILES string of the molecule is Cc1cc(C)c(NC(=O)Nc2cc3ccccc3cc2C(=O)NC(C#N)C2CCC(F)(F)CC2)c(C)c1. The molecule has 3 aromatic rings. The number of aryl methyl sites for hydroxylation is 3. The van der Waals surface area contributed by atoms with Gasteiger partial charge in [-0.15, -0.1) is 0 Å². The summed E-state index contributed by atoms with van der Waals surface area (Å²) in [5, 5.41) is 19.7. The first-order chi connectivity index (χ1) is 17.6. The van der Waals surface area contributed by atoms with E-state index in [1.54, 1.807) is 12.1 Å². The van der Waals surface area contributed by atoms with Gasteiger partial charge in [-0.2, -0.15) is 5.26 Å². The topological polar surface area (TPSA) is 94.0 Å². The van der Waals surface area contributed by atoms with Crippen molar-refractivity contribution in [3.05, 3.63) is 70.8 Å². The zero-order chi connectivity index (χ0) is 26.7. The van der Waals surface area contributed by atoms with Gasteiger partial charge in [-0.05, 0) is 73.6 Å². The number of nitrogens with one attached hydrogen (secondary N) is 3. The maximum atomic E-state index is 13.6. The number of carbonyl (C=O) groups is 2. The molecule has 3 amide bonds. The van der Waals surface area contributed by atoms with E-state index in [-0.39, 0.29) is 42.9 Å². The summed E-state index contributed by atoms with van der Waals surface area (Å²) in [7, 11) is 0. The van der Waals surface area contributed by atoms with Crippen LogP contribution in [0.3, 0.4) is 0 Å². The number of halogens is 2. The van der Waals surface area contributed by atoms with Crippen LogP contribution < -0.4 is 16.0 Å². The van der Waals surface area contributed by atoms with E-state index in [2.05, 4.69) is 22.0 Å². The summed E-state index contributed by atoms with van der Waals surface area (Å²) in [5.41, 5.74) is 4.07. The summed E-state index contributed by atoms with van der Waals surface area (Å²) < 4.78 is 27.2. The lowest BCUT2D eigenvalue weighted by atomic mass is 9.82.